The van der Waals surface area contributed by atoms with Crippen molar-refractivity contribution in [3.05, 3.63) is 58.7 Å². The van der Waals surface area contributed by atoms with Crippen LogP contribution >= 0.6 is 0 Å². The molecule has 3 heteroatoms. The minimum atomic E-state index is -0.756. The van der Waals surface area contributed by atoms with Crippen LogP contribution in [0.1, 0.15) is 69.9 Å². The minimum Gasteiger partial charge on any atom is -0.507 e. The van der Waals surface area contributed by atoms with Gasteiger partial charge < -0.3 is 14.9 Å². The molecular formula is C22H30O3. The van der Waals surface area contributed by atoms with Gasteiger partial charge in [0.25, 0.3) is 0 Å². The van der Waals surface area contributed by atoms with E-state index in [1.165, 1.54) is 0 Å². The van der Waals surface area contributed by atoms with Gasteiger partial charge in [-0.15, -0.1) is 0 Å². The third-order valence-corrected chi connectivity index (χ3v) is 4.50. The number of ether oxygens (including phenoxy) is 1. The third-order valence-electron chi connectivity index (χ3n) is 4.50. The van der Waals surface area contributed by atoms with E-state index in [4.69, 9.17) is 4.74 Å². The minimum absolute atomic E-state index is 0.222. The van der Waals surface area contributed by atoms with Gasteiger partial charge in [-0.25, -0.2) is 0 Å². The quantitative estimate of drug-likeness (QED) is 0.818. The molecule has 136 valence electrons. The summed E-state index contributed by atoms with van der Waals surface area (Å²) in [6, 6.07) is 11.2. The predicted octanol–water partition coefficient (Wildman–Crippen LogP) is 5.08. The number of phenolic OH excluding ortho intramolecular Hbond substituents is 1. The molecule has 0 bridgehead atoms. The summed E-state index contributed by atoms with van der Waals surface area (Å²) in [6.45, 7) is 12.4. The second kappa shape index (κ2) is 6.72. The molecule has 0 amide bonds. The van der Waals surface area contributed by atoms with E-state index in [2.05, 4.69) is 41.5 Å². The summed E-state index contributed by atoms with van der Waals surface area (Å²) in [5.74, 6) is 1.08. The first-order valence-corrected chi connectivity index (χ1v) is 8.65. The normalized spacial score (nSPS) is 13.6. The maximum atomic E-state index is 10.9. The molecule has 3 nitrogen and oxygen atoms in total. The fourth-order valence-corrected chi connectivity index (χ4v) is 2.94. The van der Waals surface area contributed by atoms with Gasteiger partial charge in [0.2, 0.25) is 0 Å². The van der Waals surface area contributed by atoms with Crippen molar-refractivity contribution in [2.45, 2.75) is 58.5 Å². The zero-order valence-electron chi connectivity index (χ0n) is 16.3. The van der Waals surface area contributed by atoms with Crippen molar-refractivity contribution in [1.29, 1.82) is 0 Å². The molecule has 0 spiro atoms. The van der Waals surface area contributed by atoms with Crippen LogP contribution in [-0.2, 0) is 10.8 Å². The average Bonchev–Trinajstić information content (AvgIpc) is 2.52. The van der Waals surface area contributed by atoms with Crippen molar-refractivity contribution in [3.8, 4) is 11.5 Å². The molecule has 0 radical (unpaired) electrons. The molecule has 0 aliphatic rings. The summed E-state index contributed by atoms with van der Waals surface area (Å²) in [7, 11) is 1.62. The Hall–Kier alpha value is -2.00. The number of phenols is 1. The van der Waals surface area contributed by atoms with E-state index in [0.717, 1.165) is 28.0 Å². The summed E-state index contributed by atoms with van der Waals surface area (Å²) >= 11 is 0. The van der Waals surface area contributed by atoms with Gasteiger partial charge in [-0.1, -0.05) is 53.7 Å². The van der Waals surface area contributed by atoms with Crippen molar-refractivity contribution in [3.63, 3.8) is 0 Å². The van der Waals surface area contributed by atoms with Gasteiger partial charge in [0, 0.05) is 0 Å². The number of hydrogen-bond donors (Lipinski definition) is 2. The Morgan fingerprint density at radius 2 is 1.24 bits per heavy atom. The van der Waals surface area contributed by atoms with Crippen molar-refractivity contribution in [2.24, 2.45) is 0 Å². The lowest BCUT2D eigenvalue weighted by atomic mass is 9.77. The molecular weight excluding hydrogens is 312 g/mol. The van der Waals surface area contributed by atoms with E-state index in [1.807, 2.05) is 36.4 Å². The number of rotatable bonds is 3. The fraction of sp³-hybridized carbons (Fsp3) is 0.455. The molecule has 0 aliphatic carbocycles. The molecule has 0 saturated heterocycles. The molecule has 0 heterocycles. The molecule has 1 atom stereocenters. The number of aromatic hydroxyl groups is 1. The summed E-state index contributed by atoms with van der Waals surface area (Å²) in [4.78, 5) is 0. The van der Waals surface area contributed by atoms with E-state index >= 15 is 0 Å². The first-order valence-electron chi connectivity index (χ1n) is 8.65. The molecule has 2 aromatic rings. The number of hydrogen-bond acceptors (Lipinski definition) is 3. The standard InChI is InChI=1S/C22H30O3/c1-21(2,3)17-12-15(13-18(20(17)24)22(4,5)6)19(23)14-8-10-16(25-7)11-9-14/h8-13,19,23-24H,1-7H3/t19-/m1/s1. The monoisotopic (exact) mass is 342 g/mol. The topological polar surface area (TPSA) is 49.7 Å². The van der Waals surface area contributed by atoms with Crippen molar-refractivity contribution in [2.75, 3.05) is 7.11 Å². The average molecular weight is 342 g/mol. The van der Waals surface area contributed by atoms with Crippen LogP contribution in [0.4, 0.5) is 0 Å². The van der Waals surface area contributed by atoms with Gasteiger partial charge in [-0.05, 0) is 57.3 Å². The van der Waals surface area contributed by atoms with Crippen LogP contribution in [0.3, 0.4) is 0 Å². The van der Waals surface area contributed by atoms with Crippen LogP contribution in [0.15, 0.2) is 36.4 Å². The lowest BCUT2D eigenvalue weighted by Crippen LogP contribution is -2.18. The van der Waals surface area contributed by atoms with E-state index in [9.17, 15) is 10.2 Å². The van der Waals surface area contributed by atoms with Crippen molar-refractivity contribution >= 4 is 0 Å². The number of aliphatic hydroxyl groups is 1. The molecule has 0 fully saturated rings. The van der Waals surface area contributed by atoms with Gasteiger partial charge in [0.15, 0.2) is 0 Å². The third kappa shape index (κ3) is 4.16. The highest BCUT2D eigenvalue weighted by Crippen LogP contribution is 2.41. The second-order valence-electron chi connectivity index (χ2n) is 8.64. The van der Waals surface area contributed by atoms with Crippen LogP contribution in [0.2, 0.25) is 0 Å². The Kier molecular flexibility index (Phi) is 5.19. The number of methoxy groups -OCH3 is 1. The SMILES string of the molecule is COc1ccc([C@@H](O)c2cc(C(C)(C)C)c(O)c(C(C)(C)C)c2)cc1. The molecule has 2 N–H and O–H groups in total. The first kappa shape index (κ1) is 19.3. The maximum absolute atomic E-state index is 10.9. The Morgan fingerprint density at radius 1 is 0.800 bits per heavy atom. The largest absolute Gasteiger partial charge is 0.507 e. The number of benzene rings is 2. The lowest BCUT2D eigenvalue weighted by molar-refractivity contribution is 0.219. The zero-order valence-corrected chi connectivity index (χ0v) is 16.3. The van der Waals surface area contributed by atoms with E-state index in [1.54, 1.807) is 7.11 Å². The van der Waals surface area contributed by atoms with E-state index in [0.29, 0.717) is 5.75 Å². The Morgan fingerprint density at radius 3 is 1.60 bits per heavy atom. The van der Waals surface area contributed by atoms with Crippen LogP contribution in [-0.4, -0.2) is 17.3 Å². The predicted molar refractivity (Wildman–Crippen MR) is 103 cm³/mol. The van der Waals surface area contributed by atoms with Gasteiger partial charge in [0.1, 0.15) is 17.6 Å². The van der Waals surface area contributed by atoms with Crippen molar-refractivity contribution in [1.82, 2.24) is 0 Å². The molecule has 0 aliphatic heterocycles. The fourth-order valence-electron chi connectivity index (χ4n) is 2.94. The van der Waals surface area contributed by atoms with Crippen LogP contribution < -0.4 is 4.74 Å². The highest BCUT2D eigenvalue weighted by Gasteiger charge is 2.28. The van der Waals surface area contributed by atoms with E-state index in [-0.39, 0.29) is 10.8 Å². The summed E-state index contributed by atoms with van der Waals surface area (Å²) < 4.78 is 5.18. The summed E-state index contributed by atoms with van der Waals surface area (Å²) in [5, 5.41) is 21.7. The van der Waals surface area contributed by atoms with Crippen LogP contribution in [0, 0.1) is 0 Å². The second-order valence-corrected chi connectivity index (χ2v) is 8.64. The molecule has 2 aromatic carbocycles. The molecule has 0 unspecified atom stereocenters. The molecule has 2 rings (SSSR count). The van der Waals surface area contributed by atoms with Crippen LogP contribution in [0.25, 0.3) is 0 Å². The Bertz CT molecular complexity index is 696. The maximum Gasteiger partial charge on any atom is 0.123 e. The van der Waals surface area contributed by atoms with E-state index < -0.39 is 6.10 Å². The Balaban J connectivity index is 2.59. The first-order chi connectivity index (χ1) is 11.4. The van der Waals surface area contributed by atoms with Gasteiger partial charge >= 0.3 is 0 Å². The highest BCUT2D eigenvalue weighted by molar-refractivity contribution is 5.51. The smallest absolute Gasteiger partial charge is 0.123 e. The van der Waals surface area contributed by atoms with Gasteiger partial charge in [-0.2, -0.15) is 0 Å². The zero-order chi connectivity index (χ0) is 19.0. The molecule has 0 saturated carbocycles. The molecule has 25 heavy (non-hydrogen) atoms. The summed E-state index contributed by atoms with van der Waals surface area (Å²) in [5.41, 5.74) is 2.84. The summed E-state index contributed by atoms with van der Waals surface area (Å²) in [6.07, 6.45) is -0.756. The number of aliphatic hydroxyl groups excluding tert-OH is 1. The van der Waals surface area contributed by atoms with Gasteiger partial charge in [0.05, 0.1) is 7.11 Å². The molecule has 0 aromatic heterocycles. The lowest BCUT2D eigenvalue weighted by Gasteiger charge is -2.29. The highest BCUT2D eigenvalue weighted by atomic mass is 16.5. The van der Waals surface area contributed by atoms with Crippen molar-refractivity contribution < 1.29 is 14.9 Å². The Labute approximate surface area is 151 Å². The van der Waals surface area contributed by atoms with Gasteiger partial charge in [-0.3, -0.25) is 0 Å². The van der Waals surface area contributed by atoms with Crippen LogP contribution in [0.5, 0.6) is 11.5 Å².